The number of nitrogen functional groups attached to an aromatic ring is 1. The molecule has 1 heterocycles. The van der Waals surface area contributed by atoms with Crippen LogP contribution in [0.3, 0.4) is 0 Å². The number of benzene rings is 3. The van der Waals surface area contributed by atoms with Gasteiger partial charge in [-0.1, -0.05) is 23.7 Å². The van der Waals surface area contributed by atoms with Gasteiger partial charge in [-0.05, 0) is 54.1 Å². The lowest BCUT2D eigenvalue weighted by atomic mass is 10.1. The van der Waals surface area contributed by atoms with Crippen LogP contribution < -0.4 is 30.6 Å². The SMILES string of the molecule is COc1ccc(CNC(=O)c2c(Nc3ccc(OC)cc3OC)sc(C(=O)c3ccc(Cl)cc3)c2N)cc1. The maximum atomic E-state index is 13.4. The molecule has 1 amide bonds. The molecule has 8 nitrogen and oxygen atoms in total. The van der Waals surface area contributed by atoms with E-state index in [0.29, 0.717) is 38.5 Å². The molecule has 38 heavy (non-hydrogen) atoms. The maximum absolute atomic E-state index is 13.4. The average Bonchev–Trinajstić information content (AvgIpc) is 3.27. The summed E-state index contributed by atoms with van der Waals surface area (Å²) in [5.74, 6) is 1.07. The first-order valence-corrected chi connectivity index (χ1v) is 12.7. The number of thiophene rings is 1. The largest absolute Gasteiger partial charge is 0.497 e. The summed E-state index contributed by atoms with van der Waals surface area (Å²) in [6.45, 7) is 0.254. The van der Waals surface area contributed by atoms with Crippen LogP contribution in [-0.4, -0.2) is 33.0 Å². The molecule has 0 atom stereocenters. The van der Waals surface area contributed by atoms with Crippen molar-refractivity contribution < 1.29 is 23.8 Å². The van der Waals surface area contributed by atoms with Gasteiger partial charge in [-0.2, -0.15) is 0 Å². The Morgan fingerprint density at radius 1 is 0.895 bits per heavy atom. The van der Waals surface area contributed by atoms with Gasteiger partial charge in [-0.3, -0.25) is 9.59 Å². The Balaban J connectivity index is 1.69. The fourth-order valence-corrected chi connectivity index (χ4v) is 4.91. The van der Waals surface area contributed by atoms with E-state index in [0.717, 1.165) is 16.9 Å². The molecule has 4 N–H and O–H groups in total. The lowest BCUT2D eigenvalue weighted by molar-refractivity contribution is 0.0953. The molecule has 0 radical (unpaired) electrons. The second-order valence-corrected chi connectivity index (χ2v) is 9.56. The van der Waals surface area contributed by atoms with Crippen LogP contribution in [0.1, 0.15) is 31.2 Å². The number of carbonyl (C=O) groups is 2. The summed E-state index contributed by atoms with van der Waals surface area (Å²) in [6, 6.07) is 19.0. The molecule has 0 saturated carbocycles. The van der Waals surface area contributed by atoms with E-state index in [1.807, 2.05) is 24.3 Å². The molecule has 0 aliphatic rings. The van der Waals surface area contributed by atoms with Crippen LogP contribution in [0.15, 0.2) is 66.7 Å². The minimum atomic E-state index is -0.431. The van der Waals surface area contributed by atoms with Crippen molar-refractivity contribution in [1.82, 2.24) is 5.32 Å². The molecule has 4 rings (SSSR count). The number of anilines is 3. The molecule has 0 saturated heterocycles. The molecule has 10 heteroatoms. The number of hydrogen-bond acceptors (Lipinski definition) is 8. The van der Waals surface area contributed by atoms with Crippen LogP contribution in [0.25, 0.3) is 0 Å². The zero-order chi connectivity index (χ0) is 27.2. The molecule has 4 aromatic rings. The van der Waals surface area contributed by atoms with E-state index in [4.69, 9.17) is 31.5 Å². The van der Waals surface area contributed by atoms with Gasteiger partial charge in [-0.15, -0.1) is 11.3 Å². The molecule has 0 fully saturated rings. The highest BCUT2D eigenvalue weighted by molar-refractivity contribution is 7.19. The first kappa shape index (κ1) is 26.8. The van der Waals surface area contributed by atoms with Crippen LogP contribution in [-0.2, 0) is 6.54 Å². The third kappa shape index (κ3) is 5.85. The van der Waals surface area contributed by atoms with Crippen molar-refractivity contribution in [3.8, 4) is 17.2 Å². The first-order chi connectivity index (χ1) is 18.3. The zero-order valence-electron chi connectivity index (χ0n) is 21.0. The molecule has 3 aromatic carbocycles. The van der Waals surface area contributed by atoms with Crippen molar-refractivity contribution in [2.45, 2.75) is 6.54 Å². The Kier molecular flexibility index (Phi) is 8.40. The van der Waals surface area contributed by atoms with E-state index in [-0.39, 0.29) is 28.5 Å². The van der Waals surface area contributed by atoms with Gasteiger partial charge in [0, 0.05) is 23.2 Å². The van der Waals surface area contributed by atoms with Crippen LogP contribution in [0.2, 0.25) is 5.02 Å². The van der Waals surface area contributed by atoms with Gasteiger partial charge in [0.15, 0.2) is 0 Å². The molecule has 196 valence electrons. The van der Waals surface area contributed by atoms with E-state index in [1.54, 1.807) is 56.7 Å². The summed E-state index contributed by atoms with van der Waals surface area (Å²) >= 11 is 7.07. The standard InChI is InChI=1S/C28H26ClN3O5S/c1-35-19-10-4-16(5-11-19)15-31-27(34)23-24(30)26(25(33)17-6-8-18(29)9-7-17)38-28(23)32-21-13-12-20(36-2)14-22(21)37-3/h4-14,32H,15,30H2,1-3H3,(H,31,34). The third-order valence-electron chi connectivity index (χ3n) is 5.75. The fourth-order valence-electron chi connectivity index (χ4n) is 3.70. The number of methoxy groups -OCH3 is 3. The van der Waals surface area contributed by atoms with Gasteiger partial charge < -0.3 is 30.6 Å². The van der Waals surface area contributed by atoms with E-state index >= 15 is 0 Å². The van der Waals surface area contributed by atoms with Crippen LogP contribution in [0.4, 0.5) is 16.4 Å². The van der Waals surface area contributed by atoms with Gasteiger partial charge >= 0.3 is 0 Å². The lowest BCUT2D eigenvalue weighted by Crippen LogP contribution is -2.24. The van der Waals surface area contributed by atoms with Gasteiger partial charge in [0.05, 0.1) is 38.3 Å². The van der Waals surface area contributed by atoms with Gasteiger partial charge in [0.2, 0.25) is 5.78 Å². The van der Waals surface area contributed by atoms with E-state index in [2.05, 4.69) is 10.6 Å². The highest BCUT2D eigenvalue weighted by Gasteiger charge is 2.27. The highest BCUT2D eigenvalue weighted by Crippen LogP contribution is 2.41. The average molecular weight is 552 g/mol. The number of hydrogen-bond donors (Lipinski definition) is 3. The monoisotopic (exact) mass is 551 g/mol. The van der Waals surface area contributed by atoms with Gasteiger partial charge in [-0.25, -0.2) is 0 Å². The Morgan fingerprint density at radius 3 is 2.18 bits per heavy atom. The van der Waals surface area contributed by atoms with Crippen molar-refractivity contribution in [1.29, 1.82) is 0 Å². The summed E-state index contributed by atoms with van der Waals surface area (Å²) in [6.07, 6.45) is 0. The molecule has 0 spiro atoms. The number of nitrogens with one attached hydrogen (secondary N) is 2. The second kappa shape index (κ2) is 11.9. The van der Waals surface area contributed by atoms with Crippen LogP contribution in [0.5, 0.6) is 17.2 Å². The lowest BCUT2D eigenvalue weighted by Gasteiger charge is -2.13. The molecular formula is C28H26ClN3O5S. The van der Waals surface area contributed by atoms with E-state index in [9.17, 15) is 9.59 Å². The summed E-state index contributed by atoms with van der Waals surface area (Å²) in [5.41, 5.74) is 8.54. The number of nitrogens with two attached hydrogens (primary N) is 1. The quantitative estimate of drug-likeness (QED) is 0.210. The van der Waals surface area contributed by atoms with Crippen molar-refractivity contribution in [2.75, 3.05) is 32.4 Å². The summed E-state index contributed by atoms with van der Waals surface area (Å²) < 4.78 is 15.9. The van der Waals surface area contributed by atoms with E-state index in [1.165, 1.54) is 7.11 Å². The van der Waals surface area contributed by atoms with E-state index < -0.39 is 5.91 Å². The summed E-state index contributed by atoms with van der Waals surface area (Å²) in [7, 11) is 4.67. The number of carbonyl (C=O) groups excluding carboxylic acids is 2. The van der Waals surface area contributed by atoms with Gasteiger partial charge in [0.1, 0.15) is 27.1 Å². The van der Waals surface area contributed by atoms with Crippen molar-refractivity contribution in [3.05, 3.63) is 93.3 Å². The molecule has 1 aromatic heterocycles. The Hall–Kier alpha value is -4.21. The highest BCUT2D eigenvalue weighted by atomic mass is 35.5. The fraction of sp³-hybridized carbons (Fsp3) is 0.143. The minimum absolute atomic E-state index is 0.0807. The smallest absolute Gasteiger partial charge is 0.256 e. The molecule has 0 unspecified atom stereocenters. The summed E-state index contributed by atoms with van der Waals surface area (Å²) in [4.78, 5) is 27.0. The predicted molar refractivity (Wildman–Crippen MR) is 151 cm³/mol. The molecule has 0 aliphatic heterocycles. The second-order valence-electron chi connectivity index (χ2n) is 8.11. The number of rotatable bonds is 10. The topological polar surface area (TPSA) is 112 Å². The zero-order valence-corrected chi connectivity index (χ0v) is 22.5. The summed E-state index contributed by atoms with van der Waals surface area (Å²) in [5, 5.41) is 7.02. The number of ether oxygens (including phenoxy) is 3. The Labute approximate surface area is 229 Å². The Bertz CT molecular complexity index is 1450. The maximum Gasteiger partial charge on any atom is 0.256 e. The number of amides is 1. The molecule has 0 bridgehead atoms. The number of ketones is 1. The Morgan fingerprint density at radius 2 is 1.55 bits per heavy atom. The van der Waals surface area contributed by atoms with Crippen LogP contribution >= 0.6 is 22.9 Å². The van der Waals surface area contributed by atoms with Crippen LogP contribution in [0, 0.1) is 0 Å². The first-order valence-electron chi connectivity index (χ1n) is 11.5. The molecule has 0 aliphatic carbocycles. The predicted octanol–water partition coefficient (Wildman–Crippen LogP) is 5.91. The minimum Gasteiger partial charge on any atom is -0.497 e. The van der Waals surface area contributed by atoms with Crippen molar-refractivity contribution in [3.63, 3.8) is 0 Å². The van der Waals surface area contributed by atoms with Crippen molar-refractivity contribution in [2.24, 2.45) is 0 Å². The normalized spacial score (nSPS) is 10.5. The van der Waals surface area contributed by atoms with Crippen molar-refractivity contribution >= 4 is 51.0 Å². The number of halogens is 1. The third-order valence-corrected chi connectivity index (χ3v) is 7.13. The van der Waals surface area contributed by atoms with Gasteiger partial charge in [0.25, 0.3) is 5.91 Å². The molecular weight excluding hydrogens is 526 g/mol.